The zero-order chi connectivity index (χ0) is 29.1. The zero-order valence-corrected chi connectivity index (χ0v) is 23.2. The van der Waals surface area contributed by atoms with Crippen LogP contribution in [0, 0.1) is 11.6 Å². The van der Waals surface area contributed by atoms with Crippen molar-refractivity contribution in [2.45, 2.75) is 25.4 Å². The Balaban J connectivity index is 1.45. The van der Waals surface area contributed by atoms with Gasteiger partial charge in [-0.1, -0.05) is 6.58 Å². The number of anilines is 5. The summed E-state index contributed by atoms with van der Waals surface area (Å²) in [5, 5.41) is 7.71. The van der Waals surface area contributed by atoms with Crippen molar-refractivity contribution in [2.24, 2.45) is 0 Å². The smallest absolute Gasteiger partial charge is 0.247 e. The number of nitrogens with zero attached hydrogens (tertiary/aromatic N) is 5. The number of aromatic nitrogens is 2. The third-order valence-electron chi connectivity index (χ3n) is 7.38. The average Bonchev–Trinajstić information content (AvgIpc) is 3.45. The number of ether oxygens (including phenoxy) is 1. The Morgan fingerprint density at radius 3 is 2.61 bits per heavy atom. The largest absolute Gasteiger partial charge is 0.494 e. The Labute approximate surface area is 237 Å². The number of piperazine rings is 1. The minimum atomic E-state index is -0.655. The Morgan fingerprint density at radius 1 is 1.12 bits per heavy atom. The molecule has 216 valence electrons. The molecule has 0 aliphatic carbocycles. The number of nitrogens with one attached hydrogen (secondary N) is 2. The molecule has 3 aromatic rings. The fourth-order valence-electron chi connectivity index (χ4n) is 5.09. The van der Waals surface area contributed by atoms with Crippen LogP contribution in [0.1, 0.15) is 24.9 Å². The number of hydrogen-bond acceptors (Lipinski definition) is 9. The van der Waals surface area contributed by atoms with Gasteiger partial charge in [0.05, 0.1) is 36.8 Å². The van der Waals surface area contributed by atoms with E-state index in [0.717, 1.165) is 31.4 Å². The molecule has 0 spiro atoms. The van der Waals surface area contributed by atoms with Crippen molar-refractivity contribution >= 4 is 34.6 Å². The van der Waals surface area contributed by atoms with Crippen molar-refractivity contribution in [3.05, 3.63) is 72.6 Å². The molecule has 2 aliphatic heterocycles. The molecule has 2 fully saturated rings. The van der Waals surface area contributed by atoms with Crippen molar-refractivity contribution in [2.75, 3.05) is 61.0 Å². The Kier molecular flexibility index (Phi) is 8.31. The number of hydroxylamine groups is 1. The van der Waals surface area contributed by atoms with E-state index in [9.17, 15) is 13.6 Å². The molecule has 10 nitrogen and oxygen atoms in total. The predicted octanol–water partition coefficient (Wildman–Crippen LogP) is 4.65. The van der Waals surface area contributed by atoms with Crippen molar-refractivity contribution in [3.63, 3.8) is 0 Å². The minimum Gasteiger partial charge on any atom is -0.494 e. The van der Waals surface area contributed by atoms with Gasteiger partial charge < -0.3 is 25.2 Å². The van der Waals surface area contributed by atoms with E-state index in [0.29, 0.717) is 53.4 Å². The van der Waals surface area contributed by atoms with Crippen LogP contribution in [0.25, 0.3) is 0 Å². The summed E-state index contributed by atoms with van der Waals surface area (Å²) in [5.74, 6) is -0.254. The molecule has 0 radical (unpaired) electrons. The van der Waals surface area contributed by atoms with Gasteiger partial charge in [-0.05, 0) is 43.8 Å². The van der Waals surface area contributed by atoms with Crippen LogP contribution < -0.4 is 25.3 Å². The van der Waals surface area contributed by atoms with E-state index in [4.69, 9.17) is 9.57 Å². The molecule has 1 amide bonds. The maximum absolute atomic E-state index is 13.9. The highest BCUT2D eigenvalue weighted by molar-refractivity contribution is 6.02. The van der Waals surface area contributed by atoms with Crippen LogP contribution >= 0.6 is 0 Å². The number of benzene rings is 2. The molecule has 41 heavy (non-hydrogen) atoms. The second-order valence-electron chi connectivity index (χ2n) is 10.1. The number of methoxy groups -OCH3 is 1. The molecule has 2 aliphatic rings. The normalized spacial score (nSPS) is 19.2. The maximum Gasteiger partial charge on any atom is 0.247 e. The summed E-state index contributed by atoms with van der Waals surface area (Å²) in [7, 11) is 3.67. The minimum absolute atomic E-state index is 0.329. The van der Waals surface area contributed by atoms with Gasteiger partial charge in [0.15, 0.2) is 5.82 Å². The molecule has 2 aromatic carbocycles. The van der Waals surface area contributed by atoms with Gasteiger partial charge in [-0.3, -0.25) is 9.63 Å². The van der Waals surface area contributed by atoms with Crippen LogP contribution in [0.15, 0.2) is 55.4 Å². The van der Waals surface area contributed by atoms with Gasteiger partial charge in [-0.25, -0.2) is 23.8 Å². The van der Waals surface area contributed by atoms with Crippen LogP contribution in [0.3, 0.4) is 0 Å². The summed E-state index contributed by atoms with van der Waals surface area (Å²) in [6.07, 6.45) is 3.12. The van der Waals surface area contributed by atoms with Crippen molar-refractivity contribution in [3.8, 4) is 5.75 Å². The Bertz CT molecular complexity index is 1420. The summed E-state index contributed by atoms with van der Waals surface area (Å²) in [6.45, 7) is 8.55. The molecule has 0 saturated carbocycles. The van der Waals surface area contributed by atoms with E-state index in [1.54, 1.807) is 19.2 Å². The van der Waals surface area contributed by atoms with Crippen molar-refractivity contribution in [1.29, 1.82) is 0 Å². The first kappa shape index (κ1) is 28.2. The number of carbonyl (C=O) groups excluding carboxylic acids is 1. The molecular weight excluding hydrogens is 532 g/mol. The van der Waals surface area contributed by atoms with Gasteiger partial charge in [-0.2, -0.15) is 0 Å². The fraction of sp³-hybridized carbons (Fsp3) is 0.345. The van der Waals surface area contributed by atoms with Crippen LogP contribution in [0.5, 0.6) is 5.75 Å². The number of carbonyl (C=O) groups is 1. The van der Waals surface area contributed by atoms with E-state index in [2.05, 4.69) is 51.0 Å². The average molecular weight is 566 g/mol. The molecule has 2 N–H and O–H groups in total. The number of rotatable bonds is 8. The number of amides is 1. The van der Waals surface area contributed by atoms with Gasteiger partial charge in [-0.15, -0.1) is 0 Å². The maximum atomic E-state index is 13.9. The van der Waals surface area contributed by atoms with Crippen molar-refractivity contribution in [1.82, 2.24) is 14.9 Å². The molecule has 12 heteroatoms. The monoisotopic (exact) mass is 565 g/mol. The summed E-state index contributed by atoms with van der Waals surface area (Å²) >= 11 is 0. The topological polar surface area (TPSA) is 95.1 Å². The number of likely N-dealkylation sites (N-methyl/N-ethyl adjacent to an activating group) is 1. The zero-order valence-electron chi connectivity index (χ0n) is 23.2. The highest BCUT2D eigenvalue weighted by Crippen LogP contribution is 2.40. The standard InChI is InChI=1S/C29H33F2N7O3/c1-5-29(39)35-22-13-23(26(40-4)14-25(22)37-8-7-36(3)18(2)16-37)34-27-15-28(33-17-32-27)38-24(6-9-41-38)19-10-20(30)12-21(31)11-19/h5,10-15,17-18,24H,1,6-9,16H2,2-4H3,(H,35,39)(H,32,33,34). The van der Waals surface area contributed by atoms with Crippen LogP contribution in [-0.2, 0) is 9.63 Å². The summed E-state index contributed by atoms with van der Waals surface area (Å²) in [4.78, 5) is 31.3. The molecule has 5 rings (SSSR count). The molecule has 0 bridgehead atoms. The summed E-state index contributed by atoms with van der Waals surface area (Å²) in [6, 6.07) is 8.69. The molecular formula is C29H33F2N7O3. The first-order valence-electron chi connectivity index (χ1n) is 13.3. The lowest BCUT2D eigenvalue weighted by Gasteiger charge is -2.39. The summed E-state index contributed by atoms with van der Waals surface area (Å²) < 4.78 is 33.6. The fourth-order valence-corrected chi connectivity index (χ4v) is 5.09. The highest BCUT2D eigenvalue weighted by atomic mass is 19.1. The molecule has 2 saturated heterocycles. The second kappa shape index (κ2) is 12.1. The highest BCUT2D eigenvalue weighted by Gasteiger charge is 2.30. The third-order valence-corrected chi connectivity index (χ3v) is 7.38. The molecule has 1 aromatic heterocycles. The summed E-state index contributed by atoms with van der Waals surface area (Å²) in [5.41, 5.74) is 2.45. The lowest BCUT2D eigenvalue weighted by molar-refractivity contribution is -0.111. The molecule has 2 atom stereocenters. The SMILES string of the molecule is C=CC(=O)Nc1cc(Nc2cc(N3OCCC3c3cc(F)cc(F)c3)ncn2)c(OC)cc1N1CCN(C)C(C)C1. The van der Waals surface area contributed by atoms with Gasteiger partial charge in [0, 0.05) is 50.3 Å². The molecule has 3 heterocycles. The van der Waals surface area contributed by atoms with E-state index in [1.807, 2.05) is 6.07 Å². The van der Waals surface area contributed by atoms with E-state index in [-0.39, 0.29) is 5.91 Å². The van der Waals surface area contributed by atoms with Crippen molar-refractivity contribution < 1.29 is 23.1 Å². The van der Waals surface area contributed by atoms with Crippen LogP contribution in [-0.4, -0.2) is 67.2 Å². The van der Waals surface area contributed by atoms with E-state index in [1.165, 1.54) is 29.6 Å². The van der Waals surface area contributed by atoms with Crippen LogP contribution in [0.2, 0.25) is 0 Å². The second-order valence-corrected chi connectivity index (χ2v) is 10.1. The lowest BCUT2D eigenvalue weighted by Crippen LogP contribution is -2.50. The quantitative estimate of drug-likeness (QED) is 0.379. The van der Waals surface area contributed by atoms with Gasteiger partial charge in [0.2, 0.25) is 5.91 Å². The number of halogens is 2. The van der Waals surface area contributed by atoms with Gasteiger partial charge >= 0.3 is 0 Å². The molecule has 2 unspecified atom stereocenters. The lowest BCUT2D eigenvalue weighted by atomic mass is 10.0. The van der Waals surface area contributed by atoms with Crippen LogP contribution in [0.4, 0.5) is 37.5 Å². The third kappa shape index (κ3) is 6.23. The van der Waals surface area contributed by atoms with Gasteiger partial charge in [0.25, 0.3) is 0 Å². The first-order chi connectivity index (χ1) is 19.7. The van der Waals surface area contributed by atoms with E-state index < -0.39 is 17.7 Å². The van der Waals surface area contributed by atoms with E-state index >= 15 is 0 Å². The number of hydrogen-bond donors (Lipinski definition) is 2. The van der Waals surface area contributed by atoms with Gasteiger partial charge in [0.1, 0.15) is 29.5 Å². The predicted molar refractivity (Wildman–Crippen MR) is 154 cm³/mol. The first-order valence-corrected chi connectivity index (χ1v) is 13.3. The Hall–Kier alpha value is -4.29. The Morgan fingerprint density at radius 2 is 1.90 bits per heavy atom.